The smallest absolute Gasteiger partial charge is 0.0815 e. The van der Waals surface area contributed by atoms with Gasteiger partial charge in [-0.15, -0.1) is 11.6 Å². The third-order valence-corrected chi connectivity index (χ3v) is 3.86. The van der Waals surface area contributed by atoms with Crippen molar-refractivity contribution in [1.82, 2.24) is 0 Å². The molecule has 0 heterocycles. The van der Waals surface area contributed by atoms with Crippen molar-refractivity contribution in [3.8, 4) is 0 Å². The first-order valence-electron chi connectivity index (χ1n) is 5.28. The fourth-order valence-electron chi connectivity index (χ4n) is 2.70. The van der Waals surface area contributed by atoms with Crippen molar-refractivity contribution in [1.29, 1.82) is 0 Å². The van der Waals surface area contributed by atoms with E-state index in [9.17, 15) is 5.11 Å². The van der Waals surface area contributed by atoms with Crippen LogP contribution in [0, 0.1) is 17.8 Å². The normalized spacial score (nSPS) is 41.1. The summed E-state index contributed by atoms with van der Waals surface area (Å²) >= 11 is 5.88. The molecule has 1 nitrogen and oxygen atoms in total. The van der Waals surface area contributed by atoms with Gasteiger partial charge in [0.25, 0.3) is 0 Å². The molecule has 3 atom stereocenters. The van der Waals surface area contributed by atoms with Gasteiger partial charge in [0.15, 0.2) is 0 Å². The fourth-order valence-corrected chi connectivity index (χ4v) is 3.00. The highest BCUT2D eigenvalue weighted by Gasteiger charge is 2.41. The number of aliphatic hydroxyl groups is 1. The van der Waals surface area contributed by atoms with Gasteiger partial charge in [-0.2, -0.15) is 0 Å². The topological polar surface area (TPSA) is 20.2 Å². The van der Waals surface area contributed by atoms with E-state index in [1.165, 1.54) is 6.42 Å². The number of rotatable bonds is 2. The molecule has 1 rings (SSSR count). The molecule has 0 aromatic rings. The second kappa shape index (κ2) is 4.18. The summed E-state index contributed by atoms with van der Waals surface area (Å²) in [4.78, 5) is 0. The molecule has 0 saturated heterocycles. The molecule has 78 valence electrons. The predicted molar refractivity (Wildman–Crippen MR) is 57.0 cm³/mol. The Hall–Kier alpha value is 0.250. The fraction of sp³-hybridized carbons (Fsp3) is 1.00. The van der Waals surface area contributed by atoms with Crippen molar-refractivity contribution in [2.45, 2.75) is 45.6 Å². The number of hydrogen-bond donors (Lipinski definition) is 1. The Balaban J connectivity index is 2.72. The average molecular weight is 205 g/mol. The van der Waals surface area contributed by atoms with Gasteiger partial charge in [0.2, 0.25) is 0 Å². The van der Waals surface area contributed by atoms with Crippen LogP contribution in [0.4, 0.5) is 0 Å². The van der Waals surface area contributed by atoms with Crippen LogP contribution in [0.5, 0.6) is 0 Å². The van der Waals surface area contributed by atoms with Gasteiger partial charge in [-0.05, 0) is 30.6 Å². The Morgan fingerprint density at radius 3 is 2.54 bits per heavy atom. The van der Waals surface area contributed by atoms with Crippen LogP contribution in [0.3, 0.4) is 0 Å². The minimum atomic E-state index is -0.604. The number of hydrogen-bond acceptors (Lipinski definition) is 1. The molecule has 1 saturated carbocycles. The van der Waals surface area contributed by atoms with Crippen molar-refractivity contribution >= 4 is 11.6 Å². The lowest BCUT2D eigenvalue weighted by atomic mass is 9.68. The lowest BCUT2D eigenvalue weighted by Crippen LogP contribution is -2.47. The second-order valence-corrected chi connectivity index (χ2v) is 5.24. The molecule has 3 unspecified atom stereocenters. The molecule has 13 heavy (non-hydrogen) atoms. The summed E-state index contributed by atoms with van der Waals surface area (Å²) < 4.78 is 0. The van der Waals surface area contributed by atoms with Gasteiger partial charge in [-0.1, -0.05) is 27.2 Å². The lowest BCUT2D eigenvalue weighted by Gasteiger charge is -2.43. The average Bonchev–Trinajstić information content (AvgIpc) is 2.03. The van der Waals surface area contributed by atoms with Crippen molar-refractivity contribution in [2.24, 2.45) is 17.8 Å². The van der Waals surface area contributed by atoms with Gasteiger partial charge in [-0.25, -0.2) is 0 Å². The van der Waals surface area contributed by atoms with Gasteiger partial charge in [0, 0.05) is 0 Å². The Kier molecular flexibility index (Phi) is 3.64. The Morgan fingerprint density at radius 2 is 2.08 bits per heavy atom. The van der Waals surface area contributed by atoms with Crippen LogP contribution in [0.1, 0.15) is 40.0 Å². The molecule has 1 aliphatic carbocycles. The van der Waals surface area contributed by atoms with Crippen LogP contribution in [0.2, 0.25) is 0 Å². The molecule has 0 aromatic heterocycles. The highest BCUT2D eigenvalue weighted by molar-refractivity contribution is 6.18. The zero-order valence-corrected chi connectivity index (χ0v) is 9.64. The first-order valence-corrected chi connectivity index (χ1v) is 5.81. The lowest BCUT2D eigenvalue weighted by molar-refractivity contribution is -0.0620. The third-order valence-electron chi connectivity index (χ3n) is 3.40. The zero-order valence-electron chi connectivity index (χ0n) is 8.89. The maximum absolute atomic E-state index is 10.3. The van der Waals surface area contributed by atoms with Gasteiger partial charge in [-0.3, -0.25) is 0 Å². The number of halogens is 1. The molecule has 0 aliphatic heterocycles. The molecule has 1 fully saturated rings. The van der Waals surface area contributed by atoms with Crippen LogP contribution in [0.25, 0.3) is 0 Å². The van der Waals surface area contributed by atoms with Crippen molar-refractivity contribution in [3.05, 3.63) is 0 Å². The molecule has 0 aromatic carbocycles. The van der Waals surface area contributed by atoms with E-state index in [-0.39, 0.29) is 0 Å². The summed E-state index contributed by atoms with van der Waals surface area (Å²) in [7, 11) is 0. The highest BCUT2D eigenvalue weighted by atomic mass is 35.5. The summed E-state index contributed by atoms with van der Waals surface area (Å²) in [5.41, 5.74) is -0.604. The minimum absolute atomic E-state index is 0.389. The monoisotopic (exact) mass is 204 g/mol. The van der Waals surface area contributed by atoms with E-state index in [1.54, 1.807) is 0 Å². The second-order valence-electron chi connectivity index (χ2n) is 4.97. The summed E-state index contributed by atoms with van der Waals surface area (Å²) in [6, 6.07) is 0. The van der Waals surface area contributed by atoms with Crippen LogP contribution in [-0.4, -0.2) is 16.6 Å². The molecule has 0 spiro atoms. The first-order chi connectivity index (χ1) is 5.99. The van der Waals surface area contributed by atoms with Gasteiger partial charge in [0.1, 0.15) is 0 Å². The van der Waals surface area contributed by atoms with Crippen LogP contribution < -0.4 is 0 Å². The summed E-state index contributed by atoms with van der Waals surface area (Å²) in [5, 5.41) is 10.3. The van der Waals surface area contributed by atoms with Crippen molar-refractivity contribution in [3.63, 3.8) is 0 Å². The van der Waals surface area contributed by atoms with E-state index in [4.69, 9.17) is 11.6 Å². The molecular weight excluding hydrogens is 184 g/mol. The van der Waals surface area contributed by atoms with E-state index in [0.717, 1.165) is 12.8 Å². The molecule has 0 amide bonds. The van der Waals surface area contributed by atoms with E-state index in [0.29, 0.717) is 23.6 Å². The summed E-state index contributed by atoms with van der Waals surface area (Å²) in [5.74, 6) is 1.94. The molecular formula is C11H21ClO. The van der Waals surface area contributed by atoms with E-state index >= 15 is 0 Å². The summed E-state index contributed by atoms with van der Waals surface area (Å²) in [6.07, 6.45) is 3.24. The molecule has 1 N–H and O–H groups in total. The standard InChI is InChI=1S/C11H21ClO/c1-8(2)10-5-4-9(3)6-11(10,13)7-12/h8-10,13H,4-7H2,1-3H3. The quantitative estimate of drug-likeness (QED) is 0.686. The number of alkyl halides is 1. The maximum Gasteiger partial charge on any atom is 0.0815 e. The Morgan fingerprint density at radius 1 is 1.46 bits per heavy atom. The molecule has 2 heteroatoms. The molecule has 1 aliphatic rings. The van der Waals surface area contributed by atoms with E-state index in [1.807, 2.05) is 0 Å². The maximum atomic E-state index is 10.3. The van der Waals surface area contributed by atoms with Gasteiger partial charge < -0.3 is 5.11 Å². The first kappa shape index (κ1) is 11.3. The van der Waals surface area contributed by atoms with Crippen LogP contribution >= 0.6 is 11.6 Å². The SMILES string of the molecule is CC1CCC(C(C)C)C(O)(CCl)C1. The summed E-state index contributed by atoms with van der Waals surface area (Å²) in [6.45, 7) is 6.56. The predicted octanol–water partition coefficient (Wildman–Crippen LogP) is 3.05. The molecule has 0 bridgehead atoms. The van der Waals surface area contributed by atoms with E-state index < -0.39 is 5.60 Å². The van der Waals surface area contributed by atoms with Crippen molar-refractivity contribution in [2.75, 3.05) is 5.88 Å². The Labute approximate surface area is 86.5 Å². The van der Waals surface area contributed by atoms with Gasteiger partial charge >= 0.3 is 0 Å². The molecule has 0 radical (unpaired) electrons. The minimum Gasteiger partial charge on any atom is -0.388 e. The van der Waals surface area contributed by atoms with Crippen LogP contribution in [-0.2, 0) is 0 Å². The third kappa shape index (κ3) is 2.38. The van der Waals surface area contributed by atoms with Crippen LogP contribution in [0.15, 0.2) is 0 Å². The van der Waals surface area contributed by atoms with Crippen molar-refractivity contribution < 1.29 is 5.11 Å². The van der Waals surface area contributed by atoms with Gasteiger partial charge in [0.05, 0.1) is 11.5 Å². The van der Waals surface area contributed by atoms with E-state index in [2.05, 4.69) is 20.8 Å². The highest BCUT2D eigenvalue weighted by Crippen LogP contribution is 2.41. The largest absolute Gasteiger partial charge is 0.388 e. The Bertz CT molecular complexity index is 169. The zero-order chi connectivity index (χ0) is 10.1.